The van der Waals surface area contributed by atoms with Crippen LogP contribution in [-0.2, 0) is 0 Å². The van der Waals surface area contributed by atoms with Crippen molar-refractivity contribution in [2.24, 2.45) is 5.10 Å². The van der Waals surface area contributed by atoms with Crippen molar-refractivity contribution in [3.05, 3.63) is 59.0 Å². The van der Waals surface area contributed by atoms with Crippen molar-refractivity contribution < 1.29 is 4.42 Å². The first-order valence-corrected chi connectivity index (χ1v) is 6.99. The monoisotopic (exact) mass is 311 g/mol. The fraction of sp³-hybridized carbons (Fsp3) is 0.0667. The van der Waals surface area contributed by atoms with Crippen LogP contribution >= 0.6 is 12.2 Å². The van der Waals surface area contributed by atoms with Crippen LogP contribution in [-0.4, -0.2) is 26.1 Å². The van der Waals surface area contributed by atoms with Gasteiger partial charge in [-0.25, -0.2) is 5.10 Å². The summed E-state index contributed by atoms with van der Waals surface area (Å²) in [6, 6.07) is 7.41. The molecule has 0 spiro atoms. The third-order valence-corrected chi connectivity index (χ3v) is 3.14. The highest BCUT2D eigenvalue weighted by molar-refractivity contribution is 7.71. The Hall–Kier alpha value is -2.80. The molecule has 0 saturated heterocycles. The zero-order chi connectivity index (χ0) is 15.4. The number of allylic oxidation sites excluding steroid dienone is 1. The molecular formula is C15H13N5OS. The van der Waals surface area contributed by atoms with E-state index in [-0.39, 0.29) is 0 Å². The van der Waals surface area contributed by atoms with E-state index in [1.54, 1.807) is 29.5 Å². The highest BCUT2D eigenvalue weighted by Gasteiger charge is 2.07. The van der Waals surface area contributed by atoms with Gasteiger partial charge in [-0.1, -0.05) is 0 Å². The maximum atomic E-state index is 5.27. The zero-order valence-electron chi connectivity index (χ0n) is 11.8. The van der Waals surface area contributed by atoms with E-state index in [0.717, 1.165) is 16.9 Å². The molecular weight excluding hydrogens is 298 g/mol. The van der Waals surface area contributed by atoms with E-state index >= 15 is 0 Å². The number of nitrogens with zero attached hydrogens (tertiary/aromatic N) is 4. The van der Waals surface area contributed by atoms with Gasteiger partial charge in [-0.2, -0.15) is 14.9 Å². The number of H-pyrrole nitrogens is 1. The lowest BCUT2D eigenvalue weighted by molar-refractivity contribution is 0.557. The molecule has 0 radical (unpaired) electrons. The van der Waals surface area contributed by atoms with Crippen LogP contribution in [0.2, 0.25) is 0 Å². The van der Waals surface area contributed by atoms with Gasteiger partial charge in [-0.3, -0.25) is 4.98 Å². The van der Waals surface area contributed by atoms with E-state index in [4.69, 9.17) is 16.6 Å². The van der Waals surface area contributed by atoms with Crippen LogP contribution < -0.4 is 0 Å². The molecule has 6 nitrogen and oxygen atoms in total. The predicted octanol–water partition coefficient (Wildman–Crippen LogP) is 3.53. The number of furan rings is 1. The number of hydrogen-bond donors (Lipinski definition) is 1. The molecule has 3 aromatic heterocycles. The first-order valence-electron chi connectivity index (χ1n) is 6.58. The van der Waals surface area contributed by atoms with E-state index in [1.807, 2.05) is 37.3 Å². The first kappa shape index (κ1) is 14.2. The average molecular weight is 311 g/mol. The Morgan fingerprint density at radius 1 is 1.36 bits per heavy atom. The van der Waals surface area contributed by atoms with Crippen molar-refractivity contribution in [1.29, 1.82) is 0 Å². The molecule has 3 aromatic rings. The molecule has 0 aliphatic carbocycles. The molecule has 0 aromatic carbocycles. The van der Waals surface area contributed by atoms with Crippen LogP contribution in [0.15, 0.2) is 58.0 Å². The van der Waals surface area contributed by atoms with Gasteiger partial charge in [0.2, 0.25) is 4.77 Å². The summed E-state index contributed by atoms with van der Waals surface area (Å²) in [5.74, 6) is 1.41. The molecule has 3 heterocycles. The summed E-state index contributed by atoms with van der Waals surface area (Å²) in [7, 11) is 0. The van der Waals surface area contributed by atoms with Crippen LogP contribution in [0.3, 0.4) is 0 Å². The van der Waals surface area contributed by atoms with Crippen LogP contribution in [0.4, 0.5) is 0 Å². The molecule has 1 N–H and O–H groups in total. The van der Waals surface area contributed by atoms with Crippen molar-refractivity contribution in [2.75, 3.05) is 0 Å². The molecule has 0 aliphatic heterocycles. The lowest BCUT2D eigenvalue weighted by atomic mass is 10.2. The minimum absolute atomic E-state index is 0.425. The highest BCUT2D eigenvalue weighted by atomic mass is 32.1. The summed E-state index contributed by atoms with van der Waals surface area (Å²) in [5, 5.41) is 11.3. The summed E-state index contributed by atoms with van der Waals surface area (Å²) in [6.07, 6.45) is 8.62. The lowest BCUT2D eigenvalue weighted by Crippen LogP contribution is -1.95. The Morgan fingerprint density at radius 2 is 2.18 bits per heavy atom. The van der Waals surface area contributed by atoms with Gasteiger partial charge >= 0.3 is 0 Å². The van der Waals surface area contributed by atoms with Crippen molar-refractivity contribution in [1.82, 2.24) is 19.9 Å². The van der Waals surface area contributed by atoms with E-state index in [9.17, 15) is 0 Å². The van der Waals surface area contributed by atoms with Crippen molar-refractivity contribution in [3.8, 4) is 11.4 Å². The van der Waals surface area contributed by atoms with Gasteiger partial charge in [-0.05, 0) is 55.1 Å². The second kappa shape index (κ2) is 6.31. The number of pyridine rings is 1. The first-order chi connectivity index (χ1) is 10.7. The third kappa shape index (κ3) is 3.09. The van der Waals surface area contributed by atoms with Gasteiger partial charge in [0.15, 0.2) is 5.82 Å². The summed E-state index contributed by atoms with van der Waals surface area (Å²) in [6.45, 7) is 1.93. The Bertz CT molecular complexity index is 859. The summed E-state index contributed by atoms with van der Waals surface area (Å²) < 4.78 is 7.27. The molecule has 0 unspecified atom stereocenters. The van der Waals surface area contributed by atoms with E-state index in [1.165, 1.54) is 0 Å². The molecule has 0 bridgehead atoms. The van der Waals surface area contributed by atoms with Gasteiger partial charge in [0, 0.05) is 18.0 Å². The second-order valence-corrected chi connectivity index (χ2v) is 4.94. The molecule has 22 heavy (non-hydrogen) atoms. The maximum Gasteiger partial charge on any atom is 0.216 e. The number of aromatic nitrogens is 4. The summed E-state index contributed by atoms with van der Waals surface area (Å²) >= 11 is 5.22. The van der Waals surface area contributed by atoms with Gasteiger partial charge in [0.25, 0.3) is 0 Å². The Kier molecular flexibility index (Phi) is 4.06. The van der Waals surface area contributed by atoms with Crippen molar-refractivity contribution in [2.45, 2.75) is 6.92 Å². The number of rotatable bonds is 4. The standard InChI is InChI=1S/C15H13N5OS/c1-11(9-13-3-2-8-21-13)10-17-20-14(18-19-15(20)22)12-4-6-16-7-5-12/h2-10H,1H3,(H,19,22)/b11-9+,17-10-. The number of aromatic amines is 1. The Morgan fingerprint density at radius 3 is 2.91 bits per heavy atom. The van der Waals surface area contributed by atoms with Gasteiger partial charge < -0.3 is 4.42 Å². The summed E-state index contributed by atoms with van der Waals surface area (Å²) in [5.41, 5.74) is 1.81. The second-order valence-electron chi connectivity index (χ2n) is 4.55. The molecule has 0 atom stereocenters. The zero-order valence-corrected chi connectivity index (χ0v) is 12.6. The van der Waals surface area contributed by atoms with E-state index < -0.39 is 0 Å². The highest BCUT2D eigenvalue weighted by Crippen LogP contribution is 2.15. The quantitative estimate of drug-likeness (QED) is 0.591. The molecule has 0 saturated carbocycles. The minimum atomic E-state index is 0.425. The van der Waals surface area contributed by atoms with Crippen molar-refractivity contribution in [3.63, 3.8) is 0 Å². The van der Waals surface area contributed by atoms with Crippen molar-refractivity contribution >= 4 is 24.5 Å². The Labute approximate surface area is 131 Å². The third-order valence-electron chi connectivity index (χ3n) is 2.88. The molecule has 0 fully saturated rings. The van der Waals surface area contributed by atoms with Crippen LogP contribution in [0.5, 0.6) is 0 Å². The molecule has 3 rings (SSSR count). The normalized spacial score (nSPS) is 12.1. The molecule has 0 amide bonds. The fourth-order valence-electron chi connectivity index (χ4n) is 1.87. The maximum absolute atomic E-state index is 5.27. The Balaban J connectivity index is 1.91. The van der Waals surface area contributed by atoms with Gasteiger partial charge in [0.1, 0.15) is 5.76 Å². The number of nitrogens with one attached hydrogen (secondary N) is 1. The average Bonchev–Trinajstić information content (AvgIpc) is 3.16. The summed E-state index contributed by atoms with van der Waals surface area (Å²) in [4.78, 5) is 3.99. The number of hydrogen-bond acceptors (Lipinski definition) is 5. The topological polar surface area (TPSA) is 72.0 Å². The van der Waals surface area contributed by atoms with Crippen LogP contribution in [0.1, 0.15) is 12.7 Å². The SMILES string of the molecule is CC(/C=N\n1c(-c2ccncc2)n[nH]c1=S)=C\c1ccco1. The van der Waals surface area contributed by atoms with Gasteiger partial charge in [0.05, 0.1) is 12.5 Å². The lowest BCUT2D eigenvalue weighted by Gasteiger charge is -2.00. The fourth-order valence-corrected chi connectivity index (χ4v) is 2.05. The van der Waals surface area contributed by atoms with Gasteiger partial charge in [-0.15, -0.1) is 0 Å². The van der Waals surface area contributed by atoms with E-state index in [0.29, 0.717) is 10.6 Å². The largest absolute Gasteiger partial charge is 0.465 e. The molecule has 0 aliphatic rings. The van der Waals surface area contributed by atoms with E-state index in [2.05, 4.69) is 20.3 Å². The minimum Gasteiger partial charge on any atom is -0.465 e. The molecule has 110 valence electrons. The predicted molar refractivity (Wildman–Crippen MR) is 86.9 cm³/mol. The van der Waals surface area contributed by atoms with Crippen LogP contribution in [0.25, 0.3) is 17.5 Å². The molecule has 7 heteroatoms. The smallest absolute Gasteiger partial charge is 0.216 e. The van der Waals surface area contributed by atoms with Crippen LogP contribution in [0, 0.1) is 4.77 Å².